The largest absolute Gasteiger partial charge is 0.488 e. The molecule has 0 spiro atoms. The SMILES string of the molecule is Cc1c(CN2CCN(C(=O)OC(C)(C)C)CC2)cc(S)cc1B(O)O. The van der Waals surface area contributed by atoms with Crippen molar-refractivity contribution in [1.82, 2.24) is 9.80 Å². The molecular formula is C17H27BN2O4S. The summed E-state index contributed by atoms with van der Waals surface area (Å²) in [7, 11) is -1.50. The molecule has 0 atom stereocenters. The minimum Gasteiger partial charge on any atom is -0.444 e. The maximum atomic E-state index is 12.1. The van der Waals surface area contributed by atoms with Crippen molar-refractivity contribution in [2.45, 2.75) is 44.7 Å². The normalized spacial score (nSPS) is 16.0. The van der Waals surface area contributed by atoms with Gasteiger partial charge in [-0.25, -0.2) is 4.79 Å². The number of piperazine rings is 1. The van der Waals surface area contributed by atoms with E-state index in [9.17, 15) is 14.8 Å². The van der Waals surface area contributed by atoms with Crippen LogP contribution >= 0.6 is 12.6 Å². The van der Waals surface area contributed by atoms with Crippen molar-refractivity contribution in [3.05, 3.63) is 23.3 Å². The average Bonchev–Trinajstić information content (AvgIpc) is 2.49. The molecule has 1 heterocycles. The van der Waals surface area contributed by atoms with Gasteiger partial charge in [0.25, 0.3) is 0 Å². The lowest BCUT2D eigenvalue weighted by Gasteiger charge is -2.36. The molecule has 1 fully saturated rings. The molecule has 0 aliphatic carbocycles. The molecule has 2 N–H and O–H groups in total. The standard InChI is InChI=1S/C17H27BN2O4S/c1-12-13(9-14(25)10-15(12)18(22)23)11-19-5-7-20(8-6-19)16(21)24-17(2,3)4/h9-10,22-23,25H,5-8,11H2,1-4H3. The van der Waals surface area contributed by atoms with Crippen molar-refractivity contribution < 1.29 is 19.6 Å². The van der Waals surface area contributed by atoms with Crippen LogP contribution in [0.2, 0.25) is 0 Å². The van der Waals surface area contributed by atoms with Gasteiger partial charge in [-0.3, -0.25) is 4.90 Å². The maximum Gasteiger partial charge on any atom is 0.488 e. The van der Waals surface area contributed by atoms with Gasteiger partial charge in [0.05, 0.1) is 0 Å². The van der Waals surface area contributed by atoms with Gasteiger partial charge < -0.3 is 19.7 Å². The molecular weight excluding hydrogens is 339 g/mol. The monoisotopic (exact) mass is 366 g/mol. The molecule has 1 amide bonds. The summed E-state index contributed by atoms with van der Waals surface area (Å²) in [5, 5.41) is 19.0. The highest BCUT2D eigenvalue weighted by molar-refractivity contribution is 7.80. The van der Waals surface area contributed by atoms with E-state index in [4.69, 9.17) is 4.74 Å². The second-order valence-corrected chi connectivity index (χ2v) is 7.95. The van der Waals surface area contributed by atoms with E-state index in [1.807, 2.05) is 33.8 Å². The molecule has 1 aliphatic heterocycles. The Morgan fingerprint density at radius 2 is 1.84 bits per heavy atom. The van der Waals surface area contributed by atoms with E-state index in [1.54, 1.807) is 11.0 Å². The average molecular weight is 366 g/mol. The van der Waals surface area contributed by atoms with E-state index in [2.05, 4.69) is 17.5 Å². The summed E-state index contributed by atoms with van der Waals surface area (Å²) in [4.78, 5) is 16.8. The van der Waals surface area contributed by atoms with Crippen LogP contribution in [0.25, 0.3) is 0 Å². The molecule has 138 valence electrons. The number of amides is 1. The fourth-order valence-corrected chi connectivity index (χ4v) is 3.16. The van der Waals surface area contributed by atoms with Gasteiger partial charge in [-0.1, -0.05) is 0 Å². The third kappa shape index (κ3) is 5.64. The van der Waals surface area contributed by atoms with Gasteiger partial charge in [0.2, 0.25) is 0 Å². The highest BCUT2D eigenvalue weighted by atomic mass is 32.1. The molecule has 0 unspecified atom stereocenters. The van der Waals surface area contributed by atoms with Crippen molar-refractivity contribution in [2.75, 3.05) is 26.2 Å². The van der Waals surface area contributed by atoms with Crippen molar-refractivity contribution in [1.29, 1.82) is 0 Å². The molecule has 1 aliphatic rings. The van der Waals surface area contributed by atoms with Gasteiger partial charge in [-0.15, -0.1) is 12.6 Å². The van der Waals surface area contributed by atoms with Gasteiger partial charge in [0, 0.05) is 37.6 Å². The lowest BCUT2D eigenvalue weighted by molar-refractivity contribution is 0.0139. The second kappa shape index (κ2) is 7.99. The minimum atomic E-state index is -1.50. The number of nitrogens with zero attached hydrogens (tertiary/aromatic N) is 2. The molecule has 0 bridgehead atoms. The fourth-order valence-electron chi connectivity index (χ4n) is 2.87. The first-order valence-electron chi connectivity index (χ1n) is 8.45. The summed E-state index contributed by atoms with van der Waals surface area (Å²) in [6.45, 7) is 10.9. The predicted octanol–water partition coefficient (Wildman–Crippen LogP) is 1.02. The first-order chi connectivity index (χ1) is 11.6. The summed E-state index contributed by atoms with van der Waals surface area (Å²) in [5.74, 6) is 0. The molecule has 0 aromatic heterocycles. The Balaban J connectivity index is 1.98. The van der Waals surface area contributed by atoms with Crippen LogP contribution < -0.4 is 5.46 Å². The smallest absolute Gasteiger partial charge is 0.444 e. The number of hydrogen-bond donors (Lipinski definition) is 3. The lowest BCUT2D eigenvalue weighted by atomic mass is 9.76. The summed E-state index contributed by atoms with van der Waals surface area (Å²) in [6.07, 6.45) is -0.272. The van der Waals surface area contributed by atoms with Crippen LogP contribution in [-0.4, -0.2) is 64.8 Å². The minimum absolute atomic E-state index is 0.272. The Morgan fingerprint density at radius 1 is 1.24 bits per heavy atom. The Kier molecular flexibility index (Phi) is 6.43. The van der Waals surface area contributed by atoms with E-state index in [-0.39, 0.29) is 6.09 Å². The summed E-state index contributed by atoms with van der Waals surface area (Å²) in [5.41, 5.74) is 1.87. The molecule has 25 heavy (non-hydrogen) atoms. The van der Waals surface area contributed by atoms with Crippen LogP contribution in [0.15, 0.2) is 17.0 Å². The molecule has 2 rings (SSSR count). The van der Waals surface area contributed by atoms with Crippen LogP contribution in [0.3, 0.4) is 0 Å². The second-order valence-electron chi connectivity index (χ2n) is 7.44. The van der Waals surface area contributed by atoms with Crippen molar-refractivity contribution in [3.63, 3.8) is 0 Å². The van der Waals surface area contributed by atoms with Gasteiger partial charge in [0.1, 0.15) is 5.60 Å². The van der Waals surface area contributed by atoms with Gasteiger partial charge >= 0.3 is 13.2 Å². The number of benzene rings is 1. The third-order valence-electron chi connectivity index (χ3n) is 4.24. The number of carbonyl (C=O) groups is 1. The molecule has 1 aromatic rings. The third-order valence-corrected chi connectivity index (χ3v) is 4.49. The fraction of sp³-hybridized carbons (Fsp3) is 0.588. The molecule has 6 nitrogen and oxygen atoms in total. The quantitative estimate of drug-likeness (QED) is 0.550. The highest BCUT2D eigenvalue weighted by Crippen LogP contribution is 2.17. The van der Waals surface area contributed by atoms with E-state index in [0.29, 0.717) is 30.0 Å². The van der Waals surface area contributed by atoms with Crippen molar-refractivity contribution in [3.8, 4) is 0 Å². The number of carbonyl (C=O) groups excluding carboxylic acids is 1. The van der Waals surface area contributed by atoms with Crippen molar-refractivity contribution in [2.24, 2.45) is 0 Å². The van der Waals surface area contributed by atoms with Crippen LogP contribution in [0.5, 0.6) is 0 Å². The molecule has 1 aromatic carbocycles. The molecule has 0 radical (unpaired) electrons. The summed E-state index contributed by atoms with van der Waals surface area (Å²) in [6, 6.07) is 3.62. The maximum absolute atomic E-state index is 12.1. The Labute approximate surface area is 155 Å². The summed E-state index contributed by atoms with van der Waals surface area (Å²) < 4.78 is 5.41. The summed E-state index contributed by atoms with van der Waals surface area (Å²) >= 11 is 4.35. The zero-order valence-corrected chi connectivity index (χ0v) is 16.2. The topological polar surface area (TPSA) is 73.2 Å². The number of rotatable bonds is 3. The van der Waals surface area contributed by atoms with Crippen LogP contribution in [0.1, 0.15) is 31.9 Å². The van der Waals surface area contributed by atoms with E-state index < -0.39 is 12.7 Å². The Morgan fingerprint density at radius 3 is 2.36 bits per heavy atom. The van der Waals surface area contributed by atoms with Gasteiger partial charge in [-0.05, 0) is 56.4 Å². The first kappa shape index (κ1) is 20.1. The van der Waals surface area contributed by atoms with E-state index in [0.717, 1.165) is 24.2 Å². The Bertz CT molecular complexity index is 626. The first-order valence-corrected chi connectivity index (χ1v) is 8.90. The highest BCUT2D eigenvalue weighted by Gasteiger charge is 2.26. The van der Waals surface area contributed by atoms with Crippen LogP contribution in [0.4, 0.5) is 4.79 Å². The predicted molar refractivity (Wildman–Crippen MR) is 101 cm³/mol. The zero-order chi connectivity index (χ0) is 18.8. The van der Waals surface area contributed by atoms with E-state index in [1.165, 1.54) is 0 Å². The number of ether oxygens (including phenoxy) is 1. The van der Waals surface area contributed by atoms with Gasteiger partial charge in [0.15, 0.2) is 0 Å². The molecule has 0 saturated carbocycles. The zero-order valence-electron chi connectivity index (χ0n) is 15.3. The van der Waals surface area contributed by atoms with E-state index >= 15 is 0 Å². The van der Waals surface area contributed by atoms with Crippen LogP contribution in [-0.2, 0) is 11.3 Å². The van der Waals surface area contributed by atoms with Crippen molar-refractivity contribution >= 4 is 31.3 Å². The molecule has 8 heteroatoms. The number of thiol groups is 1. The Hall–Kier alpha value is -1.22. The number of hydrogen-bond acceptors (Lipinski definition) is 6. The van der Waals surface area contributed by atoms with Gasteiger partial charge in [-0.2, -0.15) is 0 Å². The van der Waals surface area contributed by atoms with Crippen LogP contribution in [0, 0.1) is 6.92 Å². The lowest BCUT2D eigenvalue weighted by Crippen LogP contribution is -2.49. The molecule has 1 saturated heterocycles.